The fraction of sp³-hybridized carbons (Fsp3) is 0.0769. The van der Waals surface area contributed by atoms with E-state index in [1.165, 1.54) is 24.3 Å². The summed E-state index contributed by atoms with van der Waals surface area (Å²) >= 11 is 13.8. The Balaban J connectivity index is 1.38. The summed E-state index contributed by atoms with van der Waals surface area (Å²) < 4.78 is 0.806. The number of anilines is 2. The summed E-state index contributed by atoms with van der Waals surface area (Å²) in [5.74, 6) is -1.02. The molecule has 0 bridgehead atoms. The number of rotatable bonds is 7. The van der Waals surface area contributed by atoms with E-state index in [1.54, 1.807) is 30.3 Å². The second kappa shape index (κ2) is 10.3. The van der Waals surface area contributed by atoms with E-state index in [1.807, 2.05) is 30.3 Å². The van der Waals surface area contributed by atoms with E-state index < -0.39 is 17.7 Å². The van der Waals surface area contributed by atoms with Gasteiger partial charge in [0.25, 0.3) is 5.91 Å². The van der Waals surface area contributed by atoms with Crippen molar-refractivity contribution in [1.29, 1.82) is 0 Å². The van der Waals surface area contributed by atoms with E-state index in [4.69, 9.17) is 23.2 Å². The van der Waals surface area contributed by atoms with Gasteiger partial charge in [0.2, 0.25) is 5.56 Å². The fourth-order valence-corrected chi connectivity index (χ4v) is 5.22. The number of pyridine rings is 1. The number of aromatic amines is 1. The van der Waals surface area contributed by atoms with Gasteiger partial charge in [-0.15, -0.1) is 0 Å². The molecule has 0 radical (unpaired) electrons. The summed E-state index contributed by atoms with van der Waals surface area (Å²) in [4.78, 5) is 44.7. The van der Waals surface area contributed by atoms with Crippen molar-refractivity contribution < 1.29 is 9.59 Å². The molecule has 186 valence electrons. The molecule has 5 aromatic rings. The number of H-pyrrole nitrogens is 1. The average Bonchev–Trinajstić information content (AvgIpc) is 3.25. The van der Waals surface area contributed by atoms with Crippen LogP contribution in [-0.2, 0) is 9.59 Å². The molecular formula is C26H19Cl2N5O3S. The second-order valence-corrected chi connectivity index (χ2v) is 10.1. The maximum atomic E-state index is 12.9. The zero-order chi connectivity index (χ0) is 26.1. The van der Waals surface area contributed by atoms with E-state index in [9.17, 15) is 14.4 Å². The van der Waals surface area contributed by atoms with Crippen LogP contribution in [0.1, 0.15) is 6.92 Å². The zero-order valence-corrected chi connectivity index (χ0v) is 21.6. The Labute approximate surface area is 224 Å². The number of amides is 1. The van der Waals surface area contributed by atoms with Gasteiger partial charge in [0, 0.05) is 16.5 Å². The lowest BCUT2D eigenvalue weighted by atomic mass is 10.0. The maximum absolute atomic E-state index is 12.9. The molecule has 0 saturated heterocycles. The lowest BCUT2D eigenvalue weighted by Crippen LogP contribution is -2.48. The van der Waals surface area contributed by atoms with Gasteiger partial charge in [0.15, 0.2) is 17.0 Å². The van der Waals surface area contributed by atoms with Crippen LogP contribution in [0.2, 0.25) is 10.0 Å². The van der Waals surface area contributed by atoms with Crippen molar-refractivity contribution in [3.8, 4) is 11.1 Å². The van der Waals surface area contributed by atoms with Crippen molar-refractivity contribution >= 4 is 78.2 Å². The molecule has 0 aliphatic heterocycles. The van der Waals surface area contributed by atoms with Gasteiger partial charge in [0.1, 0.15) is 0 Å². The van der Waals surface area contributed by atoms with E-state index in [2.05, 4.69) is 26.1 Å². The molecule has 4 N–H and O–H groups in total. The van der Waals surface area contributed by atoms with Crippen molar-refractivity contribution in [2.45, 2.75) is 13.0 Å². The number of nitrogens with zero attached hydrogens (tertiary/aromatic N) is 1. The highest BCUT2D eigenvalue weighted by molar-refractivity contribution is 7.22. The minimum Gasteiger partial charge on any atom is -0.322 e. The van der Waals surface area contributed by atoms with Crippen molar-refractivity contribution in [1.82, 2.24) is 15.4 Å². The number of fused-ring (bicyclic) bond motifs is 2. The smallest absolute Gasteiger partial charge is 0.252 e. The zero-order valence-electron chi connectivity index (χ0n) is 19.3. The molecule has 0 saturated carbocycles. The standard InChI is InChI=1S/C26H19Cl2N5O3S/c1-13(34)24(25(36)31-26-30-19-8-7-15(27)9-22(19)37-26)33-32-21-12-20-17(10-18(21)28)16(11-23(35)29-20)14-5-3-2-4-6-14/h2-12,24,32-33H,1H3,(H,29,35)(H,30,31,36). The van der Waals surface area contributed by atoms with Gasteiger partial charge in [0.05, 0.1) is 26.4 Å². The number of hydrazine groups is 1. The van der Waals surface area contributed by atoms with Gasteiger partial charge in [-0.1, -0.05) is 64.9 Å². The highest BCUT2D eigenvalue weighted by atomic mass is 35.5. The van der Waals surface area contributed by atoms with E-state index in [-0.39, 0.29) is 5.56 Å². The SMILES string of the molecule is CC(=O)C(NNc1cc2[nH]c(=O)cc(-c3ccccc3)c2cc1Cl)C(=O)Nc1nc2ccc(Cl)cc2s1. The number of halogens is 2. The first-order valence-corrected chi connectivity index (χ1v) is 12.7. The number of benzene rings is 3. The van der Waals surface area contributed by atoms with E-state index in [0.29, 0.717) is 31.9 Å². The summed E-state index contributed by atoms with van der Waals surface area (Å²) in [6.07, 6.45) is 0. The summed E-state index contributed by atoms with van der Waals surface area (Å²) in [7, 11) is 0. The maximum Gasteiger partial charge on any atom is 0.252 e. The predicted octanol–water partition coefficient (Wildman–Crippen LogP) is 5.62. The molecule has 0 aliphatic rings. The van der Waals surface area contributed by atoms with Gasteiger partial charge in [-0.3, -0.25) is 14.4 Å². The van der Waals surface area contributed by atoms with Crippen molar-refractivity contribution in [3.63, 3.8) is 0 Å². The minimum atomic E-state index is -1.24. The molecule has 5 rings (SSSR count). The summed E-state index contributed by atoms with van der Waals surface area (Å²) in [6.45, 7) is 1.29. The topological polar surface area (TPSA) is 116 Å². The molecule has 0 aliphatic carbocycles. The van der Waals surface area contributed by atoms with Crippen LogP contribution in [0.5, 0.6) is 0 Å². The highest BCUT2D eigenvalue weighted by Gasteiger charge is 2.24. The van der Waals surface area contributed by atoms with Crippen molar-refractivity contribution in [2.75, 3.05) is 10.7 Å². The number of thiazole rings is 1. The molecule has 1 amide bonds. The summed E-state index contributed by atoms with van der Waals surface area (Å²) in [5.41, 5.74) is 8.51. The average molecular weight is 552 g/mol. The first-order chi connectivity index (χ1) is 17.8. The second-order valence-electron chi connectivity index (χ2n) is 8.22. The van der Waals surface area contributed by atoms with Crippen LogP contribution in [-0.4, -0.2) is 27.7 Å². The van der Waals surface area contributed by atoms with Crippen LogP contribution in [0.3, 0.4) is 0 Å². The van der Waals surface area contributed by atoms with Gasteiger partial charge in [-0.2, -0.15) is 0 Å². The van der Waals surface area contributed by atoms with Gasteiger partial charge < -0.3 is 15.7 Å². The number of aromatic nitrogens is 2. The molecule has 3 aromatic carbocycles. The molecule has 0 spiro atoms. The Morgan fingerprint density at radius 2 is 1.81 bits per heavy atom. The number of Topliss-reactive ketones (excluding diaryl/α,β-unsaturated/α-hetero) is 1. The Bertz CT molecular complexity index is 1720. The van der Waals surface area contributed by atoms with Crippen LogP contribution in [0.25, 0.3) is 32.2 Å². The Morgan fingerprint density at radius 3 is 2.57 bits per heavy atom. The van der Waals surface area contributed by atoms with Crippen LogP contribution < -0.4 is 21.7 Å². The Kier molecular flexibility index (Phi) is 6.94. The largest absolute Gasteiger partial charge is 0.322 e. The Morgan fingerprint density at radius 1 is 1.03 bits per heavy atom. The molecule has 2 aromatic heterocycles. The third kappa shape index (κ3) is 5.35. The normalized spacial score (nSPS) is 12.0. The van der Waals surface area contributed by atoms with Crippen LogP contribution in [0.15, 0.2) is 71.5 Å². The quantitative estimate of drug-likeness (QED) is 0.154. The molecule has 11 heteroatoms. The molecule has 37 heavy (non-hydrogen) atoms. The van der Waals surface area contributed by atoms with Crippen LogP contribution in [0, 0.1) is 0 Å². The van der Waals surface area contributed by atoms with Crippen molar-refractivity contribution in [3.05, 3.63) is 87.1 Å². The first-order valence-electron chi connectivity index (χ1n) is 11.1. The van der Waals surface area contributed by atoms with E-state index >= 15 is 0 Å². The molecule has 1 unspecified atom stereocenters. The van der Waals surface area contributed by atoms with Crippen LogP contribution >= 0.6 is 34.5 Å². The molecule has 0 fully saturated rings. The number of nitrogens with one attached hydrogen (secondary N) is 4. The molecule has 8 nitrogen and oxygen atoms in total. The minimum absolute atomic E-state index is 0.273. The third-order valence-electron chi connectivity index (χ3n) is 5.62. The third-order valence-corrected chi connectivity index (χ3v) is 7.10. The monoisotopic (exact) mass is 551 g/mol. The van der Waals surface area contributed by atoms with Gasteiger partial charge in [-0.05, 0) is 48.4 Å². The van der Waals surface area contributed by atoms with Crippen LogP contribution in [0.4, 0.5) is 10.8 Å². The summed E-state index contributed by atoms with van der Waals surface area (Å²) in [6, 6.07) is 18.3. The number of carbonyl (C=O) groups is 2. The van der Waals surface area contributed by atoms with Crippen molar-refractivity contribution in [2.24, 2.45) is 0 Å². The van der Waals surface area contributed by atoms with Gasteiger partial charge in [-0.25, -0.2) is 10.4 Å². The molecular weight excluding hydrogens is 533 g/mol. The number of hydrogen-bond acceptors (Lipinski definition) is 7. The summed E-state index contributed by atoms with van der Waals surface area (Å²) in [5, 5.41) is 4.64. The predicted molar refractivity (Wildman–Crippen MR) is 150 cm³/mol. The fourth-order valence-electron chi connectivity index (χ4n) is 3.86. The molecule has 2 heterocycles. The molecule has 1 atom stereocenters. The number of hydrogen-bond donors (Lipinski definition) is 4. The lowest BCUT2D eigenvalue weighted by molar-refractivity contribution is -0.127. The number of carbonyl (C=O) groups excluding carboxylic acids is 2. The van der Waals surface area contributed by atoms with Gasteiger partial charge >= 0.3 is 0 Å². The van der Waals surface area contributed by atoms with E-state index in [0.717, 1.165) is 21.2 Å². The first kappa shape index (κ1) is 24.9. The lowest BCUT2D eigenvalue weighted by Gasteiger charge is -2.18. The number of ketones is 1. The Hall–Kier alpha value is -3.76. The highest BCUT2D eigenvalue weighted by Crippen LogP contribution is 2.33.